The monoisotopic (exact) mass is 252 g/mol. The highest BCUT2D eigenvalue weighted by Crippen LogP contribution is 1.90. The van der Waals surface area contributed by atoms with Crippen LogP contribution in [0.25, 0.3) is 0 Å². The predicted molar refractivity (Wildman–Crippen MR) is 60.0 cm³/mol. The van der Waals surface area contributed by atoms with Crippen LogP contribution in [0.5, 0.6) is 0 Å². The van der Waals surface area contributed by atoms with Gasteiger partial charge in [0.2, 0.25) is 11.8 Å². The minimum atomic E-state index is -1.13. The van der Waals surface area contributed by atoms with E-state index in [0.29, 0.717) is 0 Å². The van der Waals surface area contributed by atoms with E-state index >= 15 is 0 Å². The Balaban J connectivity index is 4.23. The number of hydrogen-bond donors (Lipinski definition) is 5. The molecule has 0 atom stereocenters. The van der Waals surface area contributed by atoms with Crippen LogP contribution < -0.4 is 10.6 Å². The van der Waals surface area contributed by atoms with Gasteiger partial charge in [-0.05, 0) is 0 Å². The molecule has 8 heteroatoms. The van der Waals surface area contributed by atoms with E-state index in [2.05, 4.69) is 35.9 Å². The van der Waals surface area contributed by atoms with Crippen LogP contribution in [0, 0.1) is 0 Å². The zero-order valence-corrected chi connectivity index (χ0v) is 9.55. The van der Waals surface area contributed by atoms with Gasteiger partial charge in [0.1, 0.15) is 6.17 Å². The van der Waals surface area contributed by atoms with Crippen molar-refractivity contribution in [2.24, 2.45) is 0 Å². The molecule has 0 aromatic carbocycles. The van der Waals surface area contributed by atoms with Crippen molar-refractivity contribution in [3.8, 4) is 0 Å². The molecule has 2 amide bonds. The topological polar surface area (TPSA) is 95.5 Å². The molecule has 0 aromatic heterocycles. The SMILES string of the molecule is O=C(O)CC(NC(=O)CS)NC(=O)CS. The molecule has 3 N–H and O–H groups in total. The number of thiol groups is 2. The smallest absolute Gasteiger partial charge is 0.307 e. The quantitative estimate of drug-likeness (QED) is 0.306. The third-order valence-electron chi connectivity index (χ3n) is 1.34. The molecule has 15 heavy (non-hydrogen) atoms. The van der Waals surface area contributed by atoms with Crippen molar-refractivity contribution in [2.75, 3.05) is 11.5 Å². The molecule has 0 aliphatic heterocycles. The maximum atomic E-state index is 10.9. The van der Waals surface area contributed by atoms with Crippen molar-refractivity contribution in [3.05, 3.63) is 0 Å². The standard InChI is InChI=1S/C7H12N2O4S2/c10-5(2-14)8-4(1-7(12)13)9-6(11)3-15/h4,14-15H,1-3H2,(H,8,10)(H,9,11)(H,12,13). The normalized spacial score (nSPS) is 9.80. The molecule has 0 aliphatic rings. The summed E-state index contributed by atoms with van der Waals surface area (Å²) in [6, 6.07) is 0. The fraction of sp³-hybridized carbons (Fsp3) is 0.571. The predicted octanol–water partition coefficient (Wildman–Crippen LogP) is -1.12. The van der Waals surface area contributed by atoms with Crippen molar-refractivity contribution in [1.29, 1.82) is 0 Å². The summed E-state index contributed by atoms with van der Waals surface area (Å²) >= 11 is 7.41. The molecule has 0 bridgehead atoms. The molecule has 86 valence electrons. The van der Waals surface area contributed by atoms with Gasteiger partial charge in [-0.2, -0.15) is 25.3 Å². The highest BCUT2D eigenvalue weighted by atomic mass is 32.1. The lowest BCUT2D eigenvalue weighted by molar-refractivity contribution is -0.138. The minimum Gasteiger partial charge on any atom is -0.481 e. The Hall–Kier alpha value is -0.890. The molecule has 0 heterocycles. The summed E-state index contributed by atoms with van der Waals surface area (Å²) in [7, 11) is 0. The van der Waals surface area contributed by atoms with Crippen LogP contribution in [0.4, 0.5) is 0 Å². The summed E-state index contributed by atoms with van der Waals surface area (Å²) in [5, 5.41) is 13.1. The van der Waals surface area contributed by atoms with Crippen LogP contribution in [0.15, 0.2) is 0 Å². The Bertz CT molecular complexity index is 241. The van der Waals surface area contributed by atoms with E-state index in [0.717, 1.165) is 0 Å². The number of carboxylic acid groups (broad SMARTS) is 1. The third-order valence-corrected chi connectivity index (χ3v) is 1.91. The number of carboxylic acids is 1. The Morgan fingerprint density at radius 1 is 1.07 bits per heavy atom. The molecule has 0 fully saturated rings. The van der Waals surface area contributed by atoms with Crippen molar-refractivity contribution in [2.45, 2.75) is 12.6 Å². The number of hydrogen-bond acceptors (Lipinski definition) is 5. The number of amides is 2. The van der Waals surface area contributed by atoms with E-state index in [1.165, 1.54) is 0 Å². The number of carbonyl (C=O) groups excluding carboxylic acids is 2. The molecule has 0 rings (SSSR count). The van der Waals surface area contributed by atoms with E-state index in [1.54, 1.807) is 0 Å². The maximum absolute atomic E-state index is 10.9. The lowest BCUT2D eigenvalue weighted by atomic mass is 10.3. The Morgan fingerprint density at radius 2 is 1.47 bits per heavy atom. The second-order valence-corrected chi connectivity index (χ2v) is 3.23. The van der Waals surface area contributed by atoms with E-state index < -0.39 is 23.9 Å². The summed E-state index contributed by atoms with van der Waals surface area (Å²) in [5.74, 6) is -2.19. The molecule has 0 aromatic rings. The lowest BCUT2D eigenvalue weighted by Gasteiger charge is -2.17. The summed E-state index contributed by atoms with van der Waals surface area (Å²) < 4.78 is 0. The highest BCUT2D eigenvalue weighted by molar-refractivity contribution is 7.81. The van der Waals surface area contributed by atoms with Crippen LogP contribution in [0.2, 0.25) is 0 Å². The minimum absolute atomic E-state index is 0.0765. The van der Waals surface area contributed by atoms with Gasteiger partial charge < -0.3 is 15.7 Å². The van der Waals surface area contributed by atoms with Crippen molar-refractivity contribution in [3.63, 3.8) is 0 Å². The van der Waals surface area contributed by atoms with E-state index in [1.807, 2.05) is 0 Å². The third kappa shape index (κ3) is 7.09. The zero-order valence-electron chi connectivity index (χ0n) is 7.77. The summed E-state index contributed by atoms with van der Waals surface area (Å²) in [4.78, 5) is 32.3. The number of carbonyl (C=O) groups is 3. The van der Waals surface area contributed by atoms with Gasteiger partial charge in [-0.15, -0.1) is 0 Å². The summed E-state index contributed by atoms with van der Waals surface area (Å²) in [6.07, 6.45) is -1.32. The molecular weight excluding hydrogens is 240 g/mol. The molecule has 0 saturated carbocycles. The first-order chi connectivity index (χ1) is 6.99. The average molecular weight is 252 g/mol. The van der Waals surface area contributed by atoms with E-state index in [4.69, 9.17) is 5.11 Å². The molecule has 0 unspecified atom stereocenters. The van der Waals surface area contributed by atoms with Crippen molar-refractivity contribution in [1.82, 2.24) is 10.6 Å². The first-order valence-electron chi connectivity index (χ1n) is 4.01. The first kappa shape index (κ1) is 14.1. The number of rotatable bonds is 6. The zero-order chi connectivity index (χ0) is 11.8. The second-order valence-electron chi connectivity index (χ2n) is 2.60. The van der Waals surface area contributed by atoms with Gasteiger partial charge in [-0.25, -0.2) is 0 Å². The molecule has 0 spiro atoms. The second kappa shape index (κ2) is 7.41. The molecule has 0 radical (unpaired) electrons. The summed E-state index contributed by atoms with van der Waals surface area (Å²) in [6.45, 7) is 0. The maximum Gasteiger partial charge on any atom is 0.307 e. The molecular formula is C7H12N2O4S2. The first-order valence-corrected chi connectivity index (χ1v) is 5.28. The lowest BCUT2D eigenvalue weighted by Crippen LogP contribution is -2.49. The van der Waals surface area contributed by atoms with Crippen LogP contribution in [0.3, 0.4) is 0 Å². The Labute approximate surface area is 97.6 Å². The van der Waals surface area contributed by atoms with Gasteiger partial charge in [0.05, 0.1) is 17.9 Å². The van der Waals surface area contributed by atoms with Gasteiger partial charge in [0.15, 0.2) is 0 Å². The molecule has 6 nitrogen and oxygen atoms in total. The van der Waals surface area contributed by atoms with E-state index in [9.17, 15) is 14.4 Å². The largest absolute Gasteiger partial charge is 0.481 e. The van der Waals surface area contributed by atoms with Gasteiger partial charge in [-0.3, -0.25) is 14.4 Å². The number of aliphatic carboxylic acids is 1. The van der Waals surface area contributed by atoms with Crippen molar-refractivity contribution < 1.29 is 19.5 Å². The fourth-order valence-electron chi connectivity index (χ4n) is 0.793. The van der Waals surface area contributed by atoms with Crippen LogP contribution in [-0.2, 0) is 14.4 Å². The Morgan fingerprint density at radius 3 is 1.73 bits per heavy atom. The Kier molecular flexibility index (Phi) is 6.97. The number of nitrogens with one attached hydrogen (secondary N) is 2. The summed E-state index contributed by atoms with van der Waals surface area (Å²) in [5.41, 5.74) is 0. The van der Waals surface area contributed by atoms with Crippen LogP contribution in [0.1, 0.15) is 6.42 Å². The van der Waals surface area contributed by atoms with Gasteiger partial charge in [0, 0.05) is 0 Å². The van der Waals surface area contributed by atoms with E-state index in [-0.39, 0.29) is 17.9 Å². The van der Waals surface area contributed by atoms with Gasteiger partial charge in [-0.1, -0.05) is 0 Å². The van der Waals surface area contributed by atoms with Crippen LogP contribution in [-0.4, -0.2) is 40.6 Å². The molecule has 0 saturated heterocycles. The van der Waals surface area contributed by atoms with Crippen molar-refractivity contribution >= 4 is 43.0 Å². The van der Waals surface area contributed by atoms with Gasteiger partial charge >= 0.3 is 5.97 Å². The van der Waals surface area contributed by atoms with Gasteiger partial charge in [0.25, 0.3) is 0 Å². The highest BCUT2D eigenvalue weighted by Gasteiger charge is 2.16. The average Bonchev–Trinajstić information content (AvgIpc) is 2.16. The molecule has 0 aliphatic carbocycles. The fourth-order valence-corrected chi connectivity index (χ4v) is 0.975. The van der Waals surface area contributed by atoms with Crippen LogP contribution >= 0.6 is 25.3 Å².